The first kappa shape index (κ1) is 16.1. The fraction of sp³-hybridized carbons (Fsp3) is 0.333. The zero-order valence-corrected chi connectivity index (χ0v) is 14.2. The Hall–Kier alpha value is -1.32. The molecule has 2 aromatic carbocycles. The zero-order valence-electron chi connectivity index (χ0n) is 12.6. The lowest BCUT2D eigenvalue weighted by Crippen LogP contribution is -2.34. The molecule has 0 N–H and O–H groups in total. The maximum absolute atomic E-state index is 5.83. The molecule has 0 aliphatic carbocycles. The molecule has 0 bridgehead atoms. The Morgan fingerprint density at radius 1 is 1.05 bits per heavy atom. The van der Waals surface area contributed by atoms with Crippen molar-refractivity contribution in [3.05, 3.63) is 64.6 Å². The number of benzene rings is 2. The maximum atomic E-state index is 5.83. The predicted molar refractivity (Wildman–Crippen MR) is 91.6 cm³/mol. The van der Waals surface area contributed by atoms with Crippen LogP contribution in [0.15, 0.2) is 59.1 Å². The van der Waals surface area contributed by atoms with Crippen LogP contribution in [0.4, 0.5) is 0 Å². The number of hydrogen-bond acceptors (Lipinski definition) is 2. The second-order valence-electron chi connectivity index (χ2n) is 5.36. The summed E-state index contributed by atoms with van der Waals surface area (Å²) in [6.07, 6.45) is 0. The van der Waals surface area contributed by atoms with Gasteiger partial charge in [-0.25, -0.2) is 0 Å². The Morgan fingerprint density at radius 3 is 2.48 bits per heavy atom. The van der Waals surface area contributed by atoms with Crippen LogP contribution in [0.5, 0.6) is 5.75 Å². The first-order valence-electron chi connectivity index (χ1n) is 7.31. The Balaban J connectivity index is 1.86. The van der Waals surface area contributed by atoms with Gasteiger partial charge < -0.3 is 4.74 Å². The third-order valence-corrected chi connectivity index (χ3v) is 3.90. The number of nitrogens with zero attached hydrogens (tertiary/aromatic N) is 1. The molecule has 0 radical (unpaired) electrons. The van der Waals surface area contributed by atoms with Gasteiger partial charge in [0.25, 0.3) is 0 Å². The normalized spacial score (nSPS) is 11.1. The predicted octanol–water partition coefficient (Wildman–Crippen LogP) is 4.74. The van der Waals surface area contributed by atoms with Gasteiger partial charge in [0.2, 0.25) is 0 Å². The Morgan fingerprint density at radius 2 is 1.81 bits per heavy atom. The molecule has 3 heteroatoms. The van der Waals surface area contributed by atoms with Crippen LogP contribution >= 0.6 is 15.9 Å². The molecule has 2 nitrogen and oxygen atoms in total. The minimum atomic E-state index is 0.497. The van der Waals surface area contributed by atoms with Gasteiger partial charge in [-0.05, 0) is 37.6 Å². The number of ether oxygens (including phenoxy) is 1. The molecule has 112 valence electrons. The molecule has 0 aromatic heterocycles. The van der Waals surface area contributed by atoms with E-state index in [9.17, 15) is 0 Å². The molecule has 0 atom stereocenters. The fourth-order valence-electron chi connectivity index (χ4n) is 2.18. The van der Waals surface area contributed by atoms with Crippen LogP contribution in [0.25, 0.3) is 0 Å². The minimum Gasteiger partial charge on any atom is -0.492 e. The monoisotopic (exact) mass is 347 g/mol. The van der Waals surface area contributed by atoms with E-state index in [1.54, 1.807) is 0 Å². The van der Waals surface area contributed by atoms with Crippen molar-refractivity contribution >= 4 is 15.9 Å². The van der Waals surface area contributed by atoms with Gasteiger partial charge >= 0.3 is 0 Å². The van der Waals surface area contributed by atoms with Crippen molar-refractivity contribution in [2.75, 3.05) is 13.2 Å². The molecule has 2 rings (SSSR count). The molecular weight excluding hydrogens is 326 g/mol. The van der Waals surface area contributed by atoms with E-state index in [2.05, 4.69) is 65.0 Å². The molecule has 0 heterocycles. The summed E-state index contributed by atoms with van der Waals surface area (Å²) in [5.74, 6) is 0.910. The van der Waals surface area contributed by atoms with Gasteiger partial charge in [-0.2, -0.15) is 0 Å². The van der Waals surface area contributed by atoms with Crippen LogP contribution in [0, 0.1) is 0 Å². The van der Waals surface area contributed by atoms with Crippen LogP contribution in [0.2, 0.25) is 0 Å². The van der Waals surface area contributed by atoms with Gasteiger partial charge in [-0.1, -0.05) is 52.3 Å². The molecule has 0 saturated carbocycles. The van der Waals surface area contributed by atoms with Gasteiger partial charge in [0.1, 0.15) is 12.4 Å². The van der Waals surface area contributed by atoms with Crippen molar-refractivity contribution in [2.24, 2.45) is 0 Å². The third kappa shape index (κ3) is 5.52. The van der Waals surface area contributed by atoms with E-state index >= 15 is 0 Å². The maximum Gasteiger partial charge on any atom is 0.120 e. The summed E-state index contributed by atoms with van der Waals surface area (Å²) in [6, 6.07) is 19.0. The number of hydrogen-bond donors (Lipinski definition) is 0. The highest BCUT2D eigenvalue weighted by Crippen LogP contribution is 2.17. The first-order valence-corrected chi connectivity index (χ1v) is 8.11. The molecule has 0 amide bonds. The second kappa shape index (κ2) is 8.20. The van der Waals surface area contributed by atoms with Crippen LogP contribution in [0.3, 0.4) is 0 Å². The molecule has 0 aliphatic rings. The van der Waals surface area contributed by atoms with Gasteiger partial charge in [-0.3, -0.25) is 4.90 Å². The molecular formula is C18H22BrNO. The smallest absolute Gasteiger partial charge is 0.120 e. The quantitative estimate of drug-likeness (QED) is 0.717. The third-order valence-electron chi connectivity index (χ3n) is 3.40. The molecule has 2 aromatic rings. The van der Waals surface area contributed by atoms with Crippen LogP contribution < -0.4 is 4.74 Å². The van der Waals surface area contributed by atoms with E-state index in [0.29, 0.717) is 12.6 Å². The van der Waals surface area contributed by atoms with Crippen LogP contribution in [-0.4, -0.2) is 24.1 Å². The van der Waals surface area contributed by atoms with Crippen LogP contribution in [0.1, 0.15) is 19.4 Å². The lowest BCUT2D eigenvalue weighted by atomic mass is 10.2. The molecule has 0 fully saturated rings. The molecule has 0 saturated heterocycles. The largest absolute Gasteiger partial charge is 0.492 e. The van der Waals surface area contributed by atoms with Gasteiger partial charge in [-0.15, -0.1) is 0 Å². The van der Waals surface area contributed by atoms with Gasteiger partial charge in [0.15, 0.2) is 0 Å². The van der Waals surface area contributed by atoms with Crippen molar-refractivity contribution in [1.82, 2.24) is 4.90 Å². The van der Waals surface area contributed by atoms with Crippen molar-refractivity contribution in [2.45, 2.75) is 26.4 Å². The minimum absolute atomic E-state index is 0.497. The van der Waals surface area contributed by atoms with Crippen molar-refractivity contribution < 1.29 is 4.74 Å². The molecule has 21 heavy (non-hydrogen) atoms. The average molecular weight is 348 g/mol. The fourth-order valence-corrected chi connectivity index (χ4v) is 2.55. The first-order chi connectivity index (χ1) is 10.1. The number of halogens is 1. The van der Waals surface area contributed by atoms with E-state index in [1.165, 1.54) is 5.56 Å². The molecule has 0 spiro atoms. The van der Waals surface area contributed by atoms with E-state index in [1.807, 2.05) is 24.3 Å². The van der Waals surface area contributed by atoms with Crippen molar-refractivity contribution in [1.29, 1.82) is 0 Å². The summed E-state index contributed by atoms with van der Waals surface area (Å²) in [5, 5.41) is 0. The second-order valence-corrected chi connectivity index (χ2v) is 6.27. The van der Waals surface area contributed by atoms with E-state index in [4.69, 9.17) is 4.74 Å². The molecule has 0 unspecified atom stereocenters. The Labute approximate surface area is 135 Å². The van der Waals surface area contributed by atoms with E-state index in [0.717, 1.165) is 23.3 Å². The highest BCUT2D eigenvalue weighted by molar-refractivity contribution is 9.10. The SMILES string of the molecule is CC(C)N(CCOc1cccc(Br)c1)Cc1ccccc1. The highest BCUT2D eigenvalue weighted by atomic mass is 79.9. The zero-order chi connectivity index (χ0) is 15.1. The van der Waals surface area contributed by atoms with Crippen molar-refractivity contribution in [3.8, 4) is 5.75 Å². The van der Waals surface area contributed by atoms with E-state index in [-0.39, 0.29) is 0 Å². The topological polar surface area (TPSA) is 12.5 Å². The summed E-state index contributed by atoms with van der Waals surface area (Å²) < 4.78 is 6.88. The standard InChI is InChI=1S/C18H22BrNO/c1-15(2)20(14-16-7-4-3-5-8-16)11-12-21-18-10-6-9-17(19)13-18/h3-10,13,15H,11-12,14H2,1-2H3. The van der Waals surface area contributed by atoms with Crippen molar-refractivity contribution in [3.63, 3.8) is 0 Å². The summed E-state index contributed by atoms with van der Waals surface area (Å²) >= 11 is 3.46. The lowest BCUT2D eigenvalue weighted by molar-refractivity contribution is 0.169. The van der Waals surface area contributed by atoms with Crippen LogP contribution in [-0.2, 0) is 6.54 Å². The number of rotatable bonds is 7. The van der Waals surface area contributed by atoms with E-state index < -0.39 is 0 Å². The average Bonchev–Trinajstić information content (AvgIpc) is 2.47. The van der Waals surface area contributed by atoms with Gasteiger partial charge in [0.05, 0.1) is 0 Å². The Kier molecular flexibility index (Phi) is 6.27. The summed E-state index contributed by atoms with van der Waals surface area (Å²) in [7, 11) is 0. The highest BCUT2D eigenvalue weighted by Gasteiger charge is 2.10. The van der Waals surface area contributed by atoms with Gasteiger partial charge in [0, 0.05) is 23.6 Å². The summed E-state index contributed by atoms with van der Waals surface area (Å²) in [6.45, 7) is 7.02. The molecule has 0 aliphatic heterocycles. The summed E-state index contributed by atoms with van der Waals surface area (Å²) in [5.41, 5.74) is 1.34. The lowest BCUT2D eigenvalue weighted by Gasteiger charge is -2.26. The Bertz CT molecular complexity index is 542. The summed E-state index contributed by atoms with van der Waals surface area (Å²) in [4.78, 5) is 2.42.